The summed E-state index contributed by atoms with van der Waals surface area (Å²) in [5.41, 5.74) is 3.80. The number of imidazole rings is 1. The number of rotatable bonds is 4. The molecule has 3 aromatic heterocycles. The molecule has 0 amide bonds. The Bertz CT molecular complexity index is 1290. The quantitative estimate of drug-likeness (QED) is 0.491. The molecule has 4 atom stereocenters. The summed E-state index contributed by atoms with van der Waals surface area (Å²) in [5.74, 6) is 0.410. The van der Waals surface area contributed by atoms with Gasteiger partial charge in [-0.15, -0.1) is 10.2 Å². The van der Waals surface area contributed by atoms with Crippen LogP contribution in [0.3, 0.4) is 0 Å². The number of aromatic hydroxyl groups is 1. The first-order chi connectivity index (χ1) is 16.1. The lowest BCUT2D eigenvalue weighted by Gasteiger charge is -2.42. The number of piperidine rings is 2. The zero-order chi connectivity index (χ0) is 22.4. The third kappa shape index (κ3) is 3.80. The third-order valence-corrected chi connectivity index (χ3v) is 6.68. The first-order valence-corrected chi connectivity index (χ1v) is 11.3. The predicted octanol–water partition coefficient (Wildman–Crippen LogP) is 4.16. The van der Waals surface area contributed by atoms with E-state index in [4.69, 9.17) is 4.74 Å². The first kappa shape index (κ1) is 20.1. The number of hydrogen-bond acceptors (Lipinski definition) is 6. The molecule has 168 valence electrons. The van der Waals surface area contributed by atoms with Crippen LogP contribution in [0, 0.1) is 0 Å². The molecular formula is C25H24FN5O2. The van der Waals surface area contributed by atoms with E-state index in [1.807, 2.05) is 41.1 Å². The SMILES string of the molecule is Oc1cc(-c2ccc3nccn3c2)ccc1-c1ccc(O[C@@H]2C[C@H]3CCC[C@H](N3)[C@@H]2F)nn1. The zero-order valence-corrected chi connectivity index (χ0v) is 17.9. The highest BCUT2D eigenvalue weighted by molar-refractivity contribution is 5.74. The van der Waals surface area contributed by atoms with Gasteiger partial charge in [0.1, 0.15) is 17.5 Å². The van der Waals surface area contributed by atoms with Crippen LogP contribution >= 0.6 is 0 Å². The van der Waals surface area contributed by atoms with Gasteiger partial charge in [-0.2, -0.15) is 0 Å². The van der Waals surface area contributed by atoms with Crippen LogP contribution in [0.25, 0.3) is 28.0 Å². The molecule has 0 radical (unpaired) electrons. The van der Waals surface area contributed by atoms with Crippen molar-refractivity contribution in [2.75, 3.05) is 0 Å². The Morgan fingerprint density at radius 3 is 2.82 bits per heavy atom. The maximum Gasteiger partial charge on any atom is 0.233 e. The Balaban J connectivity index is 1.20. The van der Waals surface area contributed by atoms with E-state index >= 15 is 0 Å². The van der Waals surface area contributed by atoms with Crippen LogP contribution in [0.2, 0.25) is 0 Å². The van der Waals surface area contributed by atoms with E-state index in [-0.39, 0.29) is 11.8 Å². The van der Waals surface area contributed by atoms with Crippen molar-refractivity contribution in [1.82, 2.24) is 24.9 Å². The Morgan fingerprint density at radius 2 is 1.97 bits per heavy atom. The van der Waals surface area contributed by atoms with Crippen molar-refractivity contribution in [2.45, 2.75) is 50.0 Å². The maximum absolute atomic E-state index is 14.8. The predicted molar refractivity (Wildman–Crippen MR) is 122 cm³/mol. The molecule has 8 heteroatoms. The minimum Gasteiger partial charge on any atom is -0.507 e. The van der Waals surface area contributed by atoms with Gasteiger partial charge >= 0.3 is 0 Å². The van der Waals surface area contributed by atoms with Crippen LogP contribution in [0.1, 0.15) is 25.7 Å². The number of fused-ring (bicyclic) bond motifs is 3. The van der Waals surface area contributed by atoms with E-state index < -0.39 is 12.3 Å². The summed E-state index contributed by atoms with van der Waals surface area (Å²) in [6.45, 7) is 0. The average molecular weight is 445 g/mol. The van der Waals surface area contributed by atoms with Gasteiger partial charge in [-0.05, 0) is 54.3 Å². The van der Waals surface area contributed by atoms with Crippen molar-refractivity contribution in [2.24, 2.45) is 0 Å². The van der Waals surface area contributed by atoms with E-state index in [2.05, 4.69) is 20.5 Å². The smallest absolute Gasteiger partial charge is 0.233 e. The van der Waals surface area contributed by atoms with Gasteiger partial charge in [0.15, 0.2) is 6.17 Å². The van der Waals surface area contributed by atoms with Gasteiger partial charge in [-0.1, -0.05) is 12.5 Å². The summed E-state index contributed by atoms with van der Waals surface area (Å²) in [5, 5.41) is 22.4. The molecule has 0 saturated carbocycles. The highest BCUT2D eigenvalue weighted by Gasteiger charge is 2.41. The topological polar surface area (TPSA) is 84.6 Å². The van der Waals surface area contributed by atoms with Gasteiger partial charge in [-0.25, -0.2) is 9.37 Å². The van der Waals surface area contributed by atoms with Crippen LogP contribution in [-0.4, -0.2) is 49.0 Å². The Kier molecular flexibility index (Phi) is 4.95. The monoisotopic (exact) mass is 445 g/mol. The fraction of sp³-hybridized carbons (Fsp3) is 0.320. The van der Waals surface area contributed by atoms with Gasteiger partial charge in [-0.3, -0.25) is 0 Å². The van der Waals surface area contributed by atoms with E-state index in [0.717, 1.165) is 36.0 Å². The molecule has 5 heterocycles. The summed E-state index contributed by atoms with van der Waals surface area (Å²) in [6.07, 6.45) is 7.62. The highest BCUT2D eigenvalue weighted by atomic mass is 19.1. The molecule has 2 N–H and O–H groups in total. The molecule has 0 spiro atoms. The molecule has 0 unspecified atom stereocenters. The van der Waals surface area contributed by atoms with Crippen molar-refractivity contribution in [3.63, 3.8) is 0 Å². The summed E-state index contributed by atoms with van der Waals surface area (Å²) >= 11 is 0. The number of alkyl halides is 1. The van der Waals surface area contributed by atoms with Gasteiger partial charge in [0.05, 0.1) is 5.69 Å². The molecule has 7 nitrogen and oxygen atoms in total. The fourth-order valence-electron chi connectivity index (χ4n) is 4.97. The summed E-state index contributed by atoms with van der Waals surface area (Å²) < 4.78 is 22.6. The molecule has 1 aromatic carbocycles. The zero-order valence-electron chi connectivity index (χ0n) is 17.9. The number of hydrogen-bond donors (Lipinski definition) is 2. The normalized spacial score (nSPS) is 24.6. The van der Waals surface area contributed by atoms with Crippen molar-refractivity contribution >= 4 is 5.65 Å². The molecule has 0 aliphatic carbocycles. The number of phenols is 1. The van der Waals surface area contributed by atoms with E-state index in [1.54, 1.807) is 24.4 Å². The number of halogens is 1. The van der Waals surface area contributed by atoms with Crippen LogP contribution in [0.4, 0.5) is 4.39 Å². The lowest BCUT2D eigenvalue weighted by molar-refractivity contribution is 0.00652. The third-order valence-electron chi connectivity index (χ3n) is 6.68. The Morgan fingerprint density at radius 1 is 1.06 bits per heavy atom. The van der Waals surface area contributed by atoms with Gasteiger partial charge < -0.3 is 19.6 Å². The number of ether oxygens (including phenoxy) is 1. The average Bonchev–Trinajstić information content (AvgIpc) is 3.31. The number of phenolic OH excluding ortho intramolecular Hbond substituents is 1. The first-order valence-electron chi connectivity index (χ1n) is 11.3. The van der Waals surface area contributed by atoms with Crippen LogP contribution in [0.15, 0.2) is 61.1 Å². The number of nitrogens with zero attached hydrogens (tertiary/aromatic N) is 4. The lowest BCUT2D eigenvalue weighted by Crippen LogP contribution is -2.59. The molecule has 33 heavy (non-hydrogen) atoms. The van der Waals surface area contributed by atoms with Crippen molar-refractivity contribution in [3.05, 3.63) is 61.1 Å². The second-order valence-corrected chi connectivity index (χ2v) is 8.84. The summed E-state index contributed by atoms with van der Waals surface area (Å²) in [6, 6.07) is 13.0. The van der Waals surface area contributed by atoms with E-state index in [0.29, 0.717) is 29.6 Å². The van der Waals surface area contributed by atoms with Crippen LogP contribution < -0.4 is 10.1 Å². The van der Waals surface area contributed by atoms with Gasteiger partial charge in [0.2, 0.25) is 5.88 Å². The highest BCUT2D eigenvalue weighted by Crippen LogP contribution is 2.34. The minimum atomic E-state index is -1.05. The molecule has 2 saturated heterocycles. The summed E-state index contributed by atoms with van der Waals surface area (Å²) in [4.78, 5) is 4.25. The molecule has 2 bridgehead atoms. The summed E-state index contributed by atoms with van der Waals surface area (Å²) in [7, 11) is 0. The molecule has 6 rings (SSSR count). The molecule has 2 aliphatic heterocycles. The second-order valence-electron chi connectivity index (χ2n) is 8.84. The Hall–Kier alpha value is -3.52. The molecule has 4 aromatic rings. The van der Waals surface area contributed by atoms with E-state index in [9.17, 15) is 9.50 Å². The number of benzene rings is 1. The fourth-order valence-corrected chi connectivity index (χ4v) is 4.97. The van der Waals surface area contributed by atoms with E-state index in [1.165, 1.54) is 0 Å². The van der Waals surface area contributed by atoms with Crippen molar-refractivity contribution < 1.29 is 14.2 Å². The lowest BCUT2D eigenvalue weighted by atomic mass is 9.84. The van der Waals surface area contributed by atoms with Gasteiger partial charge in [0, 0.05) is 48.7 Å². The number of pyridine rings is 1. The van der Waals surface area contributed by atoms with Crippen molar-refractivity contribution in [3.8, 4) is 34.0 Å². The maximum atomic E-state index is 14.8. The van der Waals surface area contributed by atoms with Crippen LogP contribution in [0.5, 0.6) is 11.6 Å². The number of aromatic nitrogens is 4. The second kappa shape index (κ2) is 8.12. The molecular weight excluding hydrogens is 421 g/mol. The molecule has 2 aliphatic rings. The van der Waals surface area contributed by atoms with Gasteiger partial charge in [0.25, 0.3) is 0 Å². The molecule has 2 fully saturated rings. The largest absolute Gasteiger partial charge is 0.507 e. The minimum absolute atomic E-state index is 0.108. The Labute approximate surface area is 190 Å². The van der Waals surface area contributed by atoms with Crippen LogP contribution in [-0.2, 0) is 0 Å². The number of nitrogens with one attached hydrogen (secondary N) is 1. The standard InChI is InChI=1S/C25H24FN5O2/c26-25-20-3-1-2-17(28-20)13-22(25)33-24-9-7-19(29-30-24)18-6-4-15(12-21(18)32)16-5-8-23-27-10-11-31(23)14-16/h4-12,14,17,20,22,25,28,32H,1-3,13H2/t17-,20+,22-,25+/m1/s1. The van der Waals surface area contributed by atoms with Crippen molar-refractivity contribution in [1.29, 1.82) is 0 Å².